The van der Waals surface area contributed by atoms with E-state index in [1.807, 2.05) is 0 Å². The number of halogens is 1. The molecule has 3 rings (SSSR count). The molecule has 1 aliphatic rings. The minimum atomic E-state index is -1.10. The van der Waals surface area contributed by atoms with Crippen LogP contribution >= 0.6 is 15.9 Å². The van der Waals surface area contributed by atoms with Gasteiger partial charge >= 0.3 is 5.91 Å². The van der Waals surface area contributed by atoms with E-state index in [1.165, 1.54) is 0 Å². The van der Waals surface area contributed by atoms with E-state index in [0.29, 0.717) is 15.6 Å². The summed E-state index contributed by atoms with van der Waals surface area (Å²) in [5.41, 5.74) is 5.17. The molecule has 1 aromatic carbocycles. The third kappa shape index (κ3) is 1.56. The van der Waals surface area contributed by atoms with E-state index in [1.54, 1.807) is 24.3 Å². The van der Waals surface area contributed by atoms with Gasteiger partial charge in [-0.2, -0.15) is 4.73 Å². The van der Waals surface area contributed by atoms with Crippen LogP contribution in [0.15, 0.2) is 28.7 Å². The summed E-state index contributed by atoms with van der Waals surface area (Å²) in [7, 11) is 0. The van der Waals surface area contributed by atoms with Crippen molar-refractivity contribution in [1.82, 2.24) is 10.9 Å². The molecule has 1 atom stereocenters. The second-order valence-electron chi connectivity index (χ2n) is 3.95. The molecule has 92 valence electrons. The molecule has 0 aliphatic carbocycles. The van der Waals surface area contributed by atoms with Crippen molar-refractivity contribution < 1.29 is 14.6 Å². The zero-order valence-electron chi connectivity index (χ0n) is 8.98. The van der Waals surface area contributed by atoms with Crippen molar-refractivity contribution in [2.24, 2.45) is 0 Å². The van der Waals surface area contributed by atoms with Gasteiger partial charge in [0.05, 0.1) is 5.56 Å². The van der Waals surface area contributed by atoms with Crippen molar-refractivity contribution in [3.05, 3.63) is 45.2 Å². The first-order valence-corrected chi connectivity index (χ1v) is 5.97. The van der Waals surface area contributed by atoms with E-state index in [-0.39, 0.29) is 11.3 Å². The fraction of sp³-hybridized carbons (Fsp3) is 0.0909. The monoisotopic (exact) mass is 309 g/mol. The zero-order valence-corrected chi connectivity index (χ0v) is 10.6. The molecule has 2 heterocycles. The maximum absolute atomic E-state index is 12.1. The maximum Gasteiger partial charge on any atom is 0.332 e. The summed E-state index contributed by atoms with van der Waals surface area (Å²) in [6.45, 7) is 0. The number of amides is 1. The normalized spacial score (nSPS) is 18.6. The number of fused-ring (bicyclic) bond motifs is 2. The van der Waals surface area contributed by atoms with Crippen molar-refractivity contribution in [2.75, 3.05) is 0 Å². The molecular weight excluding hydrogens is 302 g/mol. The fourth-order valence-electron chi connectivity index (χ4n) is 2.00. The van der Waals surface area contributed by atoms with Crippen LogP contribution in [0.5, 0.6) is 0 Å². The Kier molecular flexibility index (Phi) is 2.47. The number of pyridine rings is 1. The molecule has 1 aromatic heterocycles. The Morgan fingerprint density at radius 2 is 2.17 bits per heavy atom. The number of hydrogen-bond donors (Lipinski definition) is 3. The number of nitrogens with zero attached hydrogens (tertiary/aromatic N) is 1. The van der Waals surface area contributed by atoms with Crippen molar-refractivity contribution >= 4 is 32.7 Å². The van der Waals surface area contributed by atoms with Gasteiger partial charge in [-0.25, -0.2) is 5.43 Å². The lowest BCUT2D eigenvalue weighted by atomic mass is 10.1. The van der Waals surface area contributed by atoms with Crippen molar-refractivity contribution in [2.45, 2.75) is 6.23 Å². The average molecular weight is 310 g/mol. The van der Waals surface area contributed by atoms with E-state index in [2.05, 4.69) is 26.8 Å². The van der Waals surface area contributed by atoms with Crippen LogP contribution in [0.4, 0.5) is 0 Å². The number of aliphatic hydroxyl groups is 1. The predicted molar refractivity (Wildman–Crippen MR) is 66.2 cm³/mol. The number of aliphatic hydroxyl groups excluding tert-OH is 1. The van der Waals surface area contributed by atoms with Crippen LogP contribution in [0, 0.1) is 5.21 Å². The minimum Gasteiger partial charge on any atom is -0.618 e. The molecule has 0 saturated heterocycles. The second kappa shape index (κ2) is 3.91. The molecule has 18 heavy (non-hydrogen) atoms. The molecule has 1 amide bonds. The Balaban J connectivity index is 2.40. The summed E-state index contributed by atoms with van der Waals surface area (Å²) in [4.78, 5) is 11.6. The van der Waals surface area contributed by atoms with Crippen LogP contribution in [-0.2, 0) is 0 Å². The summed E-state index contributed by atoms with van der Waals surface area (Å²) in [6, 6.07) is 6.72. The molecule has 3 N–H and O–H groups in total. The van der Waals surface area contributed by atoms with E-state index in [9.17, 15) is 15.1 Å². The van der Waals surface area contributed by atoms with Crippen molar-refractivity contribution in [1.29, 1.82) is 0 Å². The Bertz CT molecular complexity index is 674. The predicted octanol–water partition coefficient (Wildman–Crippen LogP) is 0.475. The largest absolute Gasteiger partial charge is 0.618 e. The molecule has 1 aliphatic heterocycles. The molecule has 1 unspecified atom stereocenters. The summed E-state index contributed by atoms with van der Waals surface area (Å²) >= 11 is 3.31. The van der Waals surface area contributed by atoms with Gasteiger partial charge in [0.1, 0.15) is 0 Å². The number of hydrogen-bond acceptors (Lipinski definition) is 4. The first kappa shape index (κ1) is 11.4. The molecule has 7 heteroatoms. The van der Waals surface area contributed by atoms with Crippen LogP contribution in [0.25, 0.3) is 10.9 Å². The Hall–Kier alpha value is -1.70. The number of carbonyl (C=O) groups excluding carboxylic acids is 1. The molecule has 0 bridgehead atoms. The summed E-state index contributed by atoms with van der Waals surface area (Å²) in [5.74, 6) is -0.560. The van der Waals surface area contributed by atoms with E-state index < -0.39 is 12.1 Å². The molecular formula is C11H8BrN3O3. The SMILES string of the molecule is O=C1NNC(O)c2cc3cc(Br)ccc3[n+]([O-])c21. The number of aromatic nitrogens is 1. The van der Waals surface area contributed by atoms with Gasteiger partial charge in [-0.3, -0.25) is 10.2 Å². The topological polar surface area (TPSA) is 88.3 Å². The highest BCUT2D eigenvalue weighted by atomic mass is 79.9. The first-order chi connectivity index (χ1) is 8.58. The molecule has 0 spiro atoms. The average Bonchev–Trinajstić information content (AvgIpc) is 2.33. The number of nitrogens with one attached hydrogen (secondary N) is 2. The van der Waals surface area contributed by atoms with Gasteiger partial charge in [-0.15, -0.1) is 0 Å². The third-order valence-electron chi connectivity index (χ3n) is 2.83. The van der Waals surface area contributed by atoms with Gasteiger partial charge in [-0.05, 0) is 18.2 Å². The lowest BCUT2D eigenvalue weighted by molar-refractivity contribution is -0.580. The first-order valence-electron chi connectivity index (χ1n) is 5.17. The quantitative estimate of drug-likeness (QED) is 0.488. The van der Waals surface area contributed by atoms with Gasteiger partial charge in [0, 0.05) is 15.9 Å². The van der Waals surface area contributed by atoms with Crippen LogP contribution in [0.3, 0.4) is 0 Å². The lowest BCUT2D eigenvalue weighted by Gasteiger charge is -2.22. The zero-order chi connectivity index (χ0) is 12.9. The Morgan fingerprint density at radius 3 is 2.94 bits per heavy atom. The van der Waals surface area contributed by atoms with E-state index >= 15 is 0 Å². The molecule has 2 aromatic rings. The standard InChI is InChI=1S/C11H8BrN3O3/c12-6-1-2-8-5(3-6)4-7-9(15(8)18)11(17)14-13-10(7)16/h1-4,10,13,16H,(H,14,17). The highest BCUT2D eigenvalue weighted by molar-refractivity contribution is 9.10. The van der Waals surface area contributed by atoms with Crippen LogP contribution in [0.1, 0.15) is 22.3 Å². The number of benzene rings is 1. The van der Waals surface area contributed by atoms with E-state index in [4.69, 9.17) is 0 Å². The van der Waals surface area contributed by atoms with Gasteiger partial charge in [-0.1, -0.05) is 15.9 Å². The van der Waals surface area contributed by atoms with Crippen LogP contribution in [-0.4, -0.2) is 11.0 Å². The van der Waals surface area contributed by atoms with Gasteiger partial charge in [0.2, 0.25) is 5.52 Å². The second-order valence-corrected chi connectivity index (χ2v) is 4.86. The third-order valence-corrected chi connectivity index (χ3v) is 3.32. The lowest BCUT2D eigenvalue weighted by Crippen LogP contribution is -2.52. The minimum absolute atomic E-state index is 0.0870. The number of carbonyl (C=O) groups is 1. The van der Waals surface area contributed by atoms with Gasteiger partial charge in [0.25, 0.3) is 5.69 Å². The fourth-order valence-corrected chi connectivity index (χ4v) is 2.38. The van der Waals surface area contributed by atoms with Crippen molar-refractivity contribution in [3.8, 4) is 0 Å². The highest BCUT2D eigenvalue weighted by Gasteiger charge is 2.32. The summed E-state index contributed by atoms with van der Waals surface area (Å²) in [6.07, 6.45) is -1.10. The molecule has 0 radical (unpaired) electrons. The van der Waals surface area contributed by atoms with Crippen molar-refractivity contribution in [3.63, 3.8) is 0 Å². The highest BCUT2D eigenvalue weighted by Crippen LogP contribution is 2.24. The maximum atomic E-state index is 12.1. The van der Waals surface area contributed by atoms with Crippen LogP contribution in [0.2, 0.25) is 0 Å². The smallest absolute Gasteiger partial charge is 0.332 e. The number of hydrazine groups is 1. The number of rotatable bonds is 0. The Morgan fingerprint density at radius 1 is 1.39 bits per heavy atom. The molecule has 0 saturated carbocycles. The summed E-state index contributed by atoms with van der Waals surface area (Å²) in [5, 5.41) is 22.5. The Labute approximate surface area is 110 Å². The van der Waals surface area contributed by atoms with Gasteiger partial charge < -0.3 is 10.3 Å². The summed E-state index contributed by atoms with van der Waals surface area (Å²) < 4.78 is 1.36. The molecule has 6 nitrogen and oxygen atoms in total. The van der Waals surface area contributed by atoms with E-state index in [0.717, 1.165) is 4.47 Å². The van der Waals surface area contributed by atoms with Gasteiger partial charge in [0.15, 0.2) is 6.23 Å². The van der Waals surface area contributed by atoms with Crippen LogP contribution < -0.4 is 15.6 Å². The molecule has 0 fully saturated rings.